The predicted octanol–water partition coefficient (Wildman–Crippen LogP) is 6.75. The van der Waals surface area contributed by atoms with Crippen LogP contribution < -0.4 is 5.32 Å². The Labute approximate surface area is 164 Å². The van der Waals surface area contributed by atoms with E-state index in [0.717, 1.165) is 11.3 Å². The maximum atomic E-state index is 9.42. The van der Waals surface area contributed by atoms with E-state index in [9.17, 15) is 5.26 Å². The molecule has 124 valence electrons. The molecule has 1 aromatic heterocycles. The van der Waals surface area contributed by atoms with E-state index in [1.54, 1.807) is 30.5 Å². The number of aromatic nitrogens is 1. The lowest BCUT2D eigenvalue weighted by Crippen LogP contribution is -1.91. The van der Waals surface area contributed by atoms with Crippen LogP contribution in [0.2, 0.25) is 15.1 Å². The normalized spacial score (nSPS) is 11.2. The van der Waals surface area contributed by atoms with E-state index in [-0.39, 0.29) is 0 Å². The summed E-state index contributed by atoms with van der Waals surface area (Å²) in [6.45, 7) is 0. The second kappa shape index (κ2) is 7.90. The van der Waals surface area contributed by atoms with Crippen molar-refractivity contribution in [2.75, 3.05) is 5.32 Å². The van der Waals surface area contributed by atoms with Crippen LogP contribution in [0.15, 0.2) is 54.0 Å². The number of nitrogens with zero attached hydrogens (tertiary/aromatic N) is 2. The van der Waals surface area contributed by atoms with Gasteiger partial charge in [0.1, 0.15) is 16.6 Å². The van der Waals surface area contributed by atoms with Crippen LogP contribution in [0, 0.1) is 11.3 Å². The largest absolute Gasteiger partial charge is 0.360 e. The van der Waals surface area contributed by atoms with Gasteiger partial charge in [0.05, 0.1) is 10.7 Å². The van der Waals surface area contributed by atoms with E-state index in [1.165, 1.54) is 11.3 Å². The lowest BCUT2D eigenvalue weighted by molar-refractivity contribution is 1.36. The fraction of sp³-hybridized carbons (Fsp3) is 0. The number of nitrogens with one attached hydrogen (secondary N) is 1. The number of allylic oxidation sites excluding steroid dienone is 1. The first kappa shape index (κ1) is 17.8. The van der Waals surface area contributed by atoms with Gasteiger partial charge in [-0.1, -0.05) is 34.8 Å². The number of benzene rings is 2. The van der Waals surface area contributed by atoms with Crippen molar-refractivity contribution < 1.29 is 0 Å². The quantitative estimate of drug-likeness (QED) is 0.488. The Morgan fingerprint density at radius 2 is 1.80 bits per heavy atom. The number of hydrogen-bond acceptors (Lipinski definition) is 4. The predicted molar refractivity (Wildman–Crippen MR) is 106 cm³/mol. The van der Waals surface area contributed by atoms with Crippen molar-refractivity contribution in [3.8, 4) is 17.3 Å². The summed E-state index contributed by atoms with van der Waals surface area (Å²) in [5.41, 5.74) is 2.73. The van der Waals surface area contributed by atoms with Crippen molar-refractivity contribution in [2.24, 2.45) is 0 Å². The monoisotopic (exact) mass is 405 g/mol. The third-order valence-corrected chi connectivity index (χ3v) is 4.96. The summed E-state index contributed by atoms with van der Waals surface area (Å²) >= 11 is 19.4. The van der Waals surface area contributed by atoms with Crippen LogP contribution in [0.25, 0.3) is 16.8 Å². The van der Waals surface area contributed by atoms with E-state index < -0.39 is 0 Å². The van der Waals surface area contributed by atoms with Gasteiger partial charge in [-0.15, -0.1) is 11.3 Å². The average Bonchev–Trinajstić information content (AvgIpc) is 3.06. The minimum absolute atomic E-state index is 0.427. The van der Waals surface area contributed by atoms with Crippen LogP contribution in [-0.4, -0.2) is 4.98 Å². The molecule has 3 rings (SSSR count). The number of rotatable bonds is 4. The molecule has 0 spiro atoms. The number of nitriles is 1. The van der Waals surface area contributed by atoms with Crippen LogP contribution in [0.3, 0.4) is 0 Å². The maximum absolute atomic E-state index is 9.42. The zero-order chi connectivity index (χ0) is 17.8. The Kier molecular flexibility index (Phi) is 5.62. The first-order valence-electron chi connectivity index (χ1n) is 7.10. The molecule has 0 saturated carbocycles. The van der Waals surface area contributed by atoms with Crippen LogP contribution in [0.5, 0.6) is 0 Å². The molecule has 0 bridgehead atoms. The minimum atomic E-state index is 0.427. The molecule has 0 unspecified atom stereocenters. The second-order valence-electron chi connectivity index (χ2n) is 4.98. The molecule has 0 saturated heterocycles. The molecule has 1 heterocycles. The maximum Gasteiger partial charge on any atom is 0.136 e. The van der Waals surface area contributed by atoms with Gasteiger partial charge in [-0.3, -0.25) is 0 Å². The molecule has 0 aliphatic carbocycles. The SMILES string of the molecule is N#C/C(=C\Nc1ccc(Cl)cc1)c1nc(-c2ccc(Cl)cc2Cl)cs1. The van der Waals surface area contributed by atoms with Crippen molar-refractivity contribution in [3.05, 3.63) is 74.1 Å². The molecule has 0 aliphatic rings. The topological polar surface area (TPSA) is 48.7 Å². The highest BCUT2D eigenvalue weighted by Gasteiger charge is 2.11. The van der Waals surface area contributed by atoms with E-state index >= 15 is 0 Å². The van der Waals surface area contributed by atoms with Crippen molar-refractivity contribution >= 4 is 57.4 Å². The second-order valence-corrected chi connectivity index (χ2v) is 7.12. The molecule has 0 aliphatic heterocycles. The van der Waals surface area contributed by atoms with Crippen LogP contribution in [0.1, 0.15) is 5.01 Å². The summed E-state index contributed by atoms with van der Waals surface area (Å²) in [7, 11) is 0. The van der Waals surface area contributed by atoms with E-state index in [0.29, 0.717) is 31.3 Å². The molecule has 0 atom stereocenters. The first-order valence-corrected chi connectivity index (χ1v) is 9.12. The summed E-state index contributed by atoms with van der Waals surface area (Å²) < 4.78 is 0. The van der Waals surface area contributed by atoms with Gasteiger partial charge in [0, 0.05) is 32.9 Å². The minimum Gasteiger partial charge on any atom is -0.360 e. The molecule has 0 radical (unpaired) electrons. The van der Waals surface area contributed by atoms with Gasteiger partial charge >= 0.3 is 0 Å². The van der Waals surface area contributed by atoms with Crippen LogP contribution >= 0.6 is 46.1 Å². The smallest absolute Gasteiger partial charge is 0.136 e. The molecule has 0 amide bonds. The van der Waals surface area contributed by atoms with Crippen molar-refractivity contribution in [1.82, 2.24) is 4.98 Å². The Balaban J connectivity index is 1.85. The number of thiazole rings is 1. The molecule has 25 heavy (non-hydrogen) atoms. The summed E-state index contributed by atoms with van der Waals surface area (Å²) in [5, 5.41) is 16.7. The van der Waals surface area contributed by atoms with E-state index in [2.05, 4.69) is 16.4 Å². The summed E-state index contributed by atoms with van der Waals surface area (Å²) in [6, 6.07) is 14.6. The number of hydrogen-bond donors (Lipinski definition) is 1. The van der Waals surface area contributed by atoms with Gasteiger partial charge in [0.2, 0.25) is 0 Å². The molecular formula is C18H10Cl3N3S. The first-order chi connectivity index (χ1) is 12.1. The van der Waals surface area contributed by atoms with Gasteiger partial charge in [-0.2, -0.15) is 5.26 Å². The van der Waals surface area contributed by atoms with Crippen molar-refractivity contribution in [3.63, 3.8) is 0 Å². The molecule has 2 aromatic carbocycles. The zero-order valence-electron chi connectivity index (χ0n) is 12.6. The van der Waals surface area contributed by atoms with Crippen LogP contribution in [-0.2, 0) is 0 Å². The molecule has 3 nitrogen and oxygen atoms in total. The highest BCUT2D eigenvalue weighted by Crippen LogP contribution is 2.32. The standard InChI is InChI=1S/C18H10Cl3N3S/c19-12-1-4-14(5-2-12)23-9-11(8-22)18-24-17(10-25-18)15-6-3-13(20)7-16(15)21/h1-7,9-10,23H/b11-9+. The lowest BCUT2D eigenvalue weighted by atomic mass is 10.2. The van der Waals surface area contributed by atoms with E-state index in [4.69, 9.17) is 34.8 Å². The van der Waals surface area contributed by atoms with Gasteiger partial charge in [0.25, 0.3) is 0 Å². The Hall–Kier alpha value is -2.03. The molecule has 1 N–H and O–H groups in total. The Morgan fingerprint density at radius 1 is 1.08 bits per heavy atom. The Bertz CT molecular complexity index is 972. The Morgan fingerprint density at radius 3 is 2.48 bits per heavy atom. The summed E-state index contributed by atoms with van der Waals surface area (Å²) in [6.07, 6.45) is 1.62. The third kappa shape index (κ3) is 4.33. The molecular weight excluding hydrogens is 397 g/mol. The average molecular weight is 407 g/mol. The van der Waals surface area contributed by atoms with E-state index in [1.807, 2.05) is 23.6 Å². The summed E-state index contributed by atoms with van der Waals surface area (Å²) in [5.74, 6) is 0. The molecule has 3 aromatic rings. The van der Waals surface area contributed by atoms with Gasteiger partial charge in [-0.25, -0.2) is 4.98 Å². The highest BCUT2D eigenvalue weighted by atomic mass is 35.5. The third-order valence-electron chi connectivity index (χ3n) is 3.29. The van der Waals surface area contributed by atoms with Gasteiger partial charge in [0.15, 0.2) is 0 Å². The zero-order valence-corrected chi connectivity index (χ0v) is 15.7. The summed E-state index contributed by atoms with van der Waals surface area (Å²) in [4.78, 5) is 4.51. The fourth-order valence-corrected chi connectivity index (χ4v) is 3.48. The molecule has 7 heteroatoms. The molecule has 0 fully saturated rings. The van der Waals surface area contributed by atoms with Gasteiger partial charge < -0.3 is 5.32 Å². The van der Waals surface area contributed by atoms with Crippen molar-refractivity contribution in [2.45, 2.75) is 0 Å². The number of halogens is 3. The lowest BCUT2D eigenvalue weighted by Gasteiger charge is -2.02. The van der Waals surface area contributed by atoms with Crippen LogP contribution in [0.4, 0.5) is 5.69 Å². The number of anilines is 1. The van der Waals surface area contributed by atoms with Gasteiger partial charge in [-0.05, 0) is 42.5 Å². The fourth-order valence-electron chi connectivity index (χ4n) is 2.06. The highest BCUT2D eigenvalue weighted by molar-refractivity contribution is 7.11. The van der Waals surface area contributed by atoms with Crippen molar-refractivity contribution in [1.29, 1.82) is 5.26 Å².